The summed E-state index contributed by atoms with van der Waals surface area (Å²) in [5.41, 5.74) is 2.94. The minimum Gasteiger partial charge on any atom is -0.484 e. The lowest BCUT2D eigenvalue weighted by Gasteiger charge is -2.28. The van der Waals surface area contributed by atoms with Crippen LogP contribution in [0.15, 0.2) is 85.1 Å². The fraction of sp³-hybridized carbons (Fsp3) is 0.267. The van der Waals surface area contributed by atoms with Gasteiger partial charge in [0, 0.05) is 43.8 Å². The van der Waals surface area contributed by atoms with Gasteiger partial charge in [0.05, 0.1) is 13.2 Å². The van der Waals surface area contributed by atoms with Crippen LogP contribution in [0.1, 0.15) is 11.1 Å². The van der Waals surface area contributed by atoms with Crippen molar-refractivity contribution < 1.29 is 23.5 Å². The molecule has 0 radical (unpaired) electrons. The van der Waals surface area contributed by atoms with E-state index in [1.54, 1.807) is 36.3 Å². The number of carbonyl (C=O) groups excluding carboxylic acids is 2. The SMILES string of the molecule is COCCN(CC(=O)N(CCc1c[nH]c2ccccc12)Cc1ccc(F)cc1)C(=O)COc1ccccc1. The Morgan fingerprint density at radius 1 is 0.868 bits per heavy atom. The third-order valence-corrected chi connectivity index (χ3v) is 6.32. The molecule has 0 saturated carbocycles. The lowest BCUT2D eigenvalue weighted by molar-refractivity contribution is -0.142. The van der Waals surface area contributed by atoms with E-state index in [0.717, 1.165) is 22.0 Å². The summed E-state index contributed by atoms with van der Waals surface area (Å²) in [4.78, 5) is 33.0. The van der Waals surface area contributed by atoms with E-state index in [2.05, 4.69) is 4.98 Å². The maximum atomic E-state index is 13.6. The molecule has 8 heteroatoms. The molecule has 0 fully saturated rings. The molecule has 4 aromatic rings. The number of fused-ring (bicyclic) bond motifs is 1. The molecule has 2 amide bonds. The molecule has 7 nitrogen and oxygen atoms in total. The molecule has 0 spiro atoms. The van der Waals surface area contributed by atoms with E-state index in [9.17, 15) is 14.0 Å². The Morgan fingerprint density at radius 3 is 2.37 bits per heavy atom. The molecule has 0 aliphatic carbocycles. The highest BCUT2D eigenvalue weighted by molar-refractivity contribution is 5.86. The number of ether oxygens (including phenoxy) is 2. The molecule has 198 valence electrons. The Bertz CT molecular complexity index is 1320. The predicted octanol–water partition coefficient (Wildman–Crippen LogP) is 4.43. The Hall–Kier alpha value is -4.17. The van der Waals surface area contributed by atoms with Crippen molar-refractivity contribution in [3.63, 3.8) is 0 Å². The number of methoxy groups -OCH3 is 1. The zero-order valence-corrected chi connectivity index (χ0v) is 21.4. The highest BCUT2D eigenvalue weighted by atomic mass is 19.1. The molecule has 0 atom stereocenters. The van der Waals surface area contributed by atoms with Gasteiger partial charge in [-0.05, 0) is 47.9 Å². The van der Waals surface area contributed by atoms with Crippen LogP contribution in [0, 0.1) is 5.82 Å². The van der Waals surface area contributed by atoms with E-state index >= 15 is 0 Å². The van der Waals surface area contributed by atoms with Crippen LogP contribution in [0.25, 0.3) is 10.9 Å². The first kappa shape index (κ1) is 26.9. The number of nitrogens with one attached hydrogen (secondary N) is 1. The Balaban J connectivity index is 1.47. The summed E-state index contributed by atoms with van der Waals surface area (Å²) in [7, 11) is 1.55. The Kier molecular flexibility index (Phi) is 9.48. The predicted molar refractivity (Wildman–Crippen MR) is 144 cm³/mol. The van der Waals surface area contributed by atoms with Gasteiger partial charge < -0.3 is 24.3 Å². The molecular weight excluding hydrogens is 485 g/mol. The van der Waals surface area contributed by atoms with Crippen molar-refractivity contribution in [2.75, 3.05) is 40.0 Å². The number of rotatable bonds is 13. The van der Waals surface area contributed by atoms with E-state index in [-0.39, 0.29) is 43.9 Å². The van der Waals surface area contributed by atoms with Crippen molar-refractivity contribution in [3.8, 4) is 5.75 Å². The second-order valence-electron chi connectivity index (χ2n) is 8.96. The fourth-order valence-corrected chi connectivity index (χ4v) is 4.21. The Morgan fingerprint density at radius 2 is 1.61 bits per heavy atom. The quantitative estimate of drug-likeness (QED) is 0.285. The summed E-state index contributed by atoms with van der Waals surface area (Å²) >= 11 is 0. The molecule has 3 aromatic carbocycles. The number of aromatic amines is 1. The molecule has 0 bridgehead atoms. The van der Waals surface area contributed by atoms with Gasteiger partial charge in [-0.25, -0.2) is 4.39 Å². The molecule has 0 aliphatic heterocycles. The molecular formula is C30H32FN3O4. The van der Waals surface area contributed by atoms with Crippen LogP contribution in [-0.4, -0.2) is 66.6 Å². The summed E-state index contributed by atoms with van der Waals surface area (Å²) in [6.45, 7) is 0.979. The number of benzene rings is 3. The minimum absolute atomic E-state index is 0.116. The number of aromatic nitrogens is 1. The fourth-order valence-electron chi connectivity index (χ4n) is 4.21. The van der Waals surface area contributed by atoms with Gasteiger partial charge in [0.15, 0.2) is 6.61 Å². The Labute approximate surface area is 221 Å². The lowest BCUT2D eigenvalue weighted by Crippen LogP contribution is -2.46. The molecule has 38 heavy (non-hydrogen) atoms. The lowest BCUT2D eigenvalue weighted by atomic mass is 10.1. The molecule has 0 saturated heterocycles. The number of H-pyrrole nitrogens is 1. The molecule has 4 rings (SSSR count). The van der Waals surface area contributed by atoms with E-state index < -0.39 is 0 Å². The number of hydrogen-bond donors (Lipinski definition) is 1. The van der Waals surface area contributed by atoms with Crippen molar-refractivity contribution in [1.82, 2.24) is 14.8 Å². The standard InChI is InChI=1S/C30H32FN3O4/c1-37-18-17-34(30(36)22-38-26-7-3-2-4-8-26)21-29(35)33(20-23-11-13-25(31)14-12-23)16-15-24-19-32-28-10-6-5-9-27(24)28/h2-14,19,32H,15-18,20-22H2,1H3. The molecule has 0 unspecified atom stereocenters. The summed E-state index contributed by atoms with van der Waals surface area (Å²) in [5.74, 6) is -0.272. The number of hydrogen-bond acceptors (Lipinski definition) is 4. The van der Waals surface area contributed by atoms with Crippen LogP contribution < -0.4 is 4.74 Å². The molecule has 0 aliphatic rings. The molecule has 1 N–H and O–H groups in total. The second kappa shape index (κ2) is 13.4. The molecule has 1 heterocycles. The van der Waals surface area contributed by atoms with Gasteiger partial charge in [-0.1, -0.05) is 48.5 Å². The third-order valence-electron chi connectivity index (χ3n) is 6.32. The van der Waals surface area contributed by atoms with Crippen LogP contribution in [0.5, 0.6) is 5.75 Å². The van der Waals surface area contributed by atoms with Gasteiger partial charge in [0.25, 0.3) is 5.91 Å². The number of carbonyl (C=O) groups is 2. The number of halogens is 1. The summed E-state index contributed by atoms with van der Waals surface area (Å²) in [5, 5.41) is 1.11. The first-order valence-electron chi connectivity index (χ1n) is 12.6. The van der Waals surface area contributed by atoms with Crippen molar-refractivity contribution in [2.24, 2.45) is 0 Å². The van der Waals surface area contributed by atoms with E-state index in [1.807, 2.05) is 48.7 Å². The topological polar surface area (TPSA) is 74.9 Å². The normalized spacial score (nSPS) is 10.9. The summed E-state index contributed by atoms with van der Waals surface area (Å²) in [6.07, 6.45) is 2.58. The van der Waals surface area contributed by atoms with Crippen LogP contribution in [0.2, 0.25) is 0 Å². The maximum Gasteiger partial charge on any atom is 0.261 e. The molecule has 1 aromatic heterocycles. The number of amides is 2. The van der Waals surface area contributed by atoms with Crippen molar-refractivity contribution in [1.29, 1.82) is 0 Å². The van der Waals surface area contributed by atoms with Gasteiger partial charge >= 0.3 is 0 Å². The van der Waals surface area contributed by atoms with Crippen LogP contribution in [-0.2, 0) is 27.3 Å². The average Bonchev–Trinajstić information content (AvgIpc) is 3.36. The monoisotopic (exact) mass is 517 g/mol. The highest BCUT2D eigenvalue weighted by Crippen LogP contribution is 2.19. The smallest absolute Gasteiger partial charge is 0.261 e. The van der Waals surface area contributed by atoms with Gasteiger partial charge in [0.1, 0.15) is 11.6 Å². The van der Waals surface area contributed by atoms with Gasteiger partial charge in [-0.2, -0.15) is 0 Å². The van der Waals surface area contributed by atoms with Crippen LogP contribution in [0.4, 0.5) is 4.39 Å². The largest absolute Gasteiger partial charge is 0.484 e. The highest BCUT2D eigenvalue weighted by Gasteiger charge is 2.22. The minimum atomic E-state index is -0.333. The van der Waals surface area contributed by atoms with E-state index in [1.165, 1.54) is 17.0 Å². The first-order chi connectivity index (χ1) is 18.5. The van der Waals surface area contributed by atoms with Gasteiger partial charge in [-0.15, -0.1) is 0 Å². The first-order valence-corrected chi connectivity index (χ1v) is 12.6. The van der Waals surface area contributed by atoms with E-state index in [4.69, 9.17) is 9.47 Å². The number of para-hydroxylation sites is 2. The zero-order chi connectivity index (χ0) is 26.7. The third kappa shape index (κ3) is 7.43. The number of nitrogens with zero attached hydrogens (tertiary/aromatic N) is 2. The summed E-state index contributed by atoms with van der Waals surface area (Å²) in [6, 6.07) is 23.2. The van der Waals surface area contributed by atoms with Crippen molar-refractivity contribution in [3.05, 3.63) is 102 Å². The zero-order valence-electron chi connectivity index (χ0n) is 21.4. The van der Waals surface area contributed by atoms with Crippen molar-refractivity contribution in [2.45, 2.75) is 13.0 Å². The second-order valence-corrected chi connectivity index (χ2v) is 8.96. The van der Waals surface area contributed by atoms with Crippen LogP contribution in [0.3, 0.4) is 0 Å². The van der Waals surface area contributed by atoms with Gasteiger partial charge in [0.2, 0.25) is 5.91 Å². The average molecular weight is 518 g/mol. The van der Waals surface area contributed by atoms with Gasteiger partial charge in [-0.3, -0.25) is 9.59 Å². The van der Waals surface area contributed by atoms with Crippen LogP contribution >= 0.6 is 0 Å². The van der Waals surface area contributed by atoms with E-state index in [0.29, 0.717) is 25.3 Å². The van der Waals surface area contributed by atoms with Crippen molar-refractivity contribution >= 4 is 22.7 Å². The maximum absolute atomic E-state index is 13.6. The summed E-state index contributed by atoms with van der Waals surface area (Å²) < 4.78 is 24.3.